The third kappa shape index (κ3) is 4.92. The second-order valence-electron chi connectivity index (χ2n) is 6.96. The van der Waals surface area contributed by atoms with E-state index in [1.807, 2.05) is 66.4 Å². The number of carbonyl (C=O) groups excluding carboxylic acids is 2. The number of hydrogen-bond acceptors (Lipinski definition) is 3. The first-order valence-electron chi connectivity index (χ1n) is 9.44. The highest BCUT2D eigenvalue weighted by Crippen LogP contribution is 2.39. The molecule has 0 aliphatic carbocycles. The molecule has 1 N–H and O–H groups in total. The summed E-state index contributed by atoms with van der Waals surface area (Å²) in [4.78, 5) is 26.6. The van der Waals surface area contributed by atoms with E-state index in [9.17, 15) is 9.59 Å². The summed E-state index contributed by atoms with van der Waals surface area (Å²) in [5.41, 5.74) is 2.84. The van der Waals surface area contributed by atoms with Gasteiger partial charge in [0, 0.05) is 18.2 Å². The van der Waals surface area contributed by atoms with Crippen molar-refractivity contribution in [3.05, 3.63) is 71.3 Å². The van der Waals surface area contributed by atoms with Crippen molar-refractivity contribution in [1.82, 2.24) is 10.2 Å². The highest BCUT2D eigenvalue weighted by Gasteiger charge is 2.32. The molecule has 0 bridgehead atoms. The predicted molar refractivity (Wildman–Crippen MR) is 110 cm³/mol. The summed E-state index contributed by atoms with van der Waals surface area (Å²) in [5, 5.41) is 3.02. The fourth-order valence-corrected chi connectivity index (χ4v) is 4.48. The molecule has 2 aromatic carbocycles. The molecule has 142 valence electrons. The van der Waals surface area contributed by atoms with Gasteiger partial charge in [0.05, 0.1) is 5.75 Å². The lowest BCUT2D eigenvalue weighted by Crippen LogP contribution is -2.32. The van der Waals surface area contributed by atoms with Gasteiger partial charge in [-0.05, 0) is 36.6 Å². The second kappa shape index (κ2) is 9.09. The van der Waals surface area contributed by atoms with E-state index in [2.05, 4.69) is 12.2 Å². The molecule has 2 aromatic rings. The molecule has 4 nitrogen and oxygen atoms in total. The Morgan fingerprint density at radius 2 is 1.89 bits per heavy atom. The van der Waals surface area contributed by atoms with Crippen LogP contribution < -0.4 is 5.32 Å². The van der Waals surface area contributed by atoms with Crippen molar-refractivity contribution in [2.75, 3.05) is 5.75 Å². The van der Waals surface area contributed by atoms with Crippen LogP contribution in [0.5, 0.6) is 0 Å². The lowest BCUT2D eigenvalue weighted by molar-refractivity contribution is -0.128. The van der Waals surface area contributed by atoms with Crippen LogP contribution in [0.3, 0.4) is 0 Å². The lowest BCUT2D eigenvalue weighted by Gasteiger charge is -2.24. The van der Waals surface area contributed by atoms with E-state index in [4.69, 9.17) is 0 Å². The number of benzene rings is 2. The van der Waals surface area contributed by atoms with Crippen LogP contribution in [0.1, 0.15) is 53.5 Å². The summed E-state index contributed by atoms with van der Waals surface area (Å²) in [5.74, 6) is 0.608. The molecule has 2 amide bonds. The summed E-state index contributed by atoms with van der Waals surface area (Å²) in [6.07, 6.45) is 2.02. The lowest BCUT2D eigenvalue weighted by atomic mass is 10.1. The van der Waals surface area contributed by atoms with Crippen molar-refractivity contribution >= 4 is 23.6 Å². The van der Waals surface area contributed by atoms with Gasteiger partial charge in [-0.1, -0.05) is 55.8 Å². The van der Waals surface area contributed by atoms with Gasteiger partial charge >= 0.3 is 0 Å². The van der Waals surface area contributed by atoms with Crippen LogP contribution in [0.4, 0.5) is 0 Å². The maximum absolute atomic E-state index is 12.4. The number of nitrogens with one attached hydrogen (secondary N) is 1. The SMILES string of the molecule is CCC[C@H](C)NC(=O)c1ccc([C@H]2SCC(=O)N2Cc2ccccc2)cc1. The topological polar surface area (TPSA) is 49.4 Å². The second-order valence-corrected chi connectivity index (χ2v) is 8.02. The molecule has 1 aliphatic rings. The van der Waals surface area contributed by atoms with Gasteiger partial charge in [0.25, 0.3) is 5.91 Å². The van der Waals surface area contributed by atoms with Gasteiger partial charge in [-0.25, -0.2) is 0 Å². The van der Waals surface area contributed by atoms with Crippen LogP contribution in [-0.2, 0) is 11.3 Å². The third-order valence-electron chi connectivity index (χ3n) is 4.72. The number of rotatable bonds is 7. The van der Waals surface area contributed by atoms with Crippen LogP contribution in [0.25, 0.3) is 0 Å². The fraction of sp³-hybridized carbons (Fsp3) is 0.364. The maximum Gasteiger partial charge on any atom is 0.251 e. The number of hydrogen-bond donors (Lipinski definition) is 1. The highest BCUT2D eigenvalue weighted by atomic mass is 32.2. The monoisotopic (exact) mass is 382 g/mol. The molecule has 1 fully saturated rings. The smallest absolute Gasteiger partial charge is 0.251 e. The van der Waals surface area contributed by atoms with Gasteiger partial charge in [0.15, 0.2) is 0 Å². The van der Waals surface area contributed by atoms with Crippen molar-refractivity contribution in [3.63, 3.8) is 0 Å². The summed E-state index contributed by atoms with van der Waals surface area (Å²) in [6.45, 7) is 4.74. The Morgan fingerprint density at radius 1 is 1.19 bits per heavy atom. The molecular weight excluding hydrogens is 356 g/mol. The Balaban J connectivity index is 1.70. The van der Waals surface area contributed by atoms with Gasteiger partial charge < -0.3 is 10.2 Å². The molecule has 0 unspecified atom stereocenters. The minimum absolute atomic E-state index is 0.00571. The molecule has 0 spiro atoms. The number of amides is 2. The first kappa shape index (κ1) is 19.5. The van der Waals surface area contributed by atoms with E-state index >= 15 is 0 Å². The normalized spacial score (nSPS) is 17.8. The van der Waals surface area contributed by atoms with Crippen LogP contribution in [-0.4, -0.2) is 28.5 Å². The molecule has 0 saturated carbocycles. The minimum atomic E-state index is -0.0428. The largest absolute Gasteiger partial charge is 0.350 e. The molecule has 5 heteroatoms. The van der Waals surface area contributed by atoms with Crippen LogP contribution >= 0.6 is 11.8 Å². The van der Waals surface area contributed by atoms with Crippen molar-refractivity contribution < 1.29 is 9.59 Å². The number of thioether (sulfide) groups is 1. The Kier molecular flexibility index (Phi) is 6.56. The summed E-state index contributed by atoms with van der Waals surface area (Å²) >= 11 is 1.64. The zero-order valence-electron chi connectivity index (χ0n) is 15.9. The molecule has 1 saturated heterocycles. The van der Waals surface area contributed by atoms with Gasteiger partial charge in [0.1, 0.15) is 5.37 Å². The zero-order valence-corrected chi connectivity index (χ0v) is 16.7. The zero-order chi connectivity index (χ0) is 19.2. The van der Waals surface area contributed by atoms with E-state index in [0.29, 0.717) is 17.9 Å². The Morgan fingerprint density at radius 3 is 2.56 bits per heavy atom. The van der Waals surface area contributed by atoms with Crippen LogP contribution in [0, 0.1) is 0 Å². The average Bonchev–Trinajstić information content (AvgIpc) is 3.03. The molecule has 27 heavy (non-hydrogen) atoms. The molecule has 0 aromatic heterocycles. The van der Waals surface area contributed by atoms with E-state index in [1.54, 1.807) is 11.8 Å². The Hall–Kier alpha value is -2.27. The molecule has 1 aliphatic heterocycles. The van der Waals surface area contributed by atoms with Crippen molar-refractivity contribution in [2.24, 2.45) is 0 Å². The van der Waals surface area contributed by atoms with Gasteiger partial charge in [-0.3, -0.25) is 9.59 Å². The van der Waals surface area contributed by atoms with Crippen molar-refractivity contribution in [2.45, 2.75) is 44.6 Å². The fourth-order valence-electron chi connectivity index (χ4n) is 3.29. The van der Waals surface area contributed by atoms with Gasteiger partial charge in [-0.15, -0.1) is 11.8 Å². The molecule has 1 heterocycles. The van der Waals surface area contributed by atoms with Gasteiger partial charge in [0.2, 0.25) is 5.91 Å². The van der Waals surface area contributed by atoms with Crippen molar-refractivity contribution in [3.8, 4) is 0 Å². The first-order chi connectivity index (χ1) is 13.1. The molecular formula is C22H26N2O2S. The first-order valence-corrected chi connectivity index (χ1v) is 10.5. The third-order valence-corrected chi connectivity index (χ3v) is 5.98. The quantitative estimate of drug-likeness (QED) is 0.773. The summed E-state index contributed by atoms with van der Waals surface area (Å²) < 4.78 is 0. The summed E-state index contributed by atoms with van der Waals surface area (Å²) in [7, 11) is 0. The molecule has 2 atom stereocenters. The predicted octanol–water partition coefficient (Wildman–Crippen LogP) is 4.38. The van der Waals surface area contributed by atoms with Crippen molar-refractivity contribution in [1.29, 1.82) is 0 Å². The number of carbonyl (C=O) groups is 2. The van der Waals surface area contributed by atoms with Gasteiger partial charge in [-0.2, -0.15) is 0 Å². The summed E-state index contributed by atoms with van der Waals surface area (Å²) in [6, 6.07) is 17.9. The van der Waals surface area contributed by atoms with E-state index < -0.39 is 0 Å². The minimum Gasteiger partial charge on any atom is -0.350 e. The van der Waals surface area contributed by atoms with E-state index in [0.717, 1.165) is 24.0 Å². The van der Waals surface area contributed by atoms with Crippen LogP contribution in [0.2, 0.25) is 0 Å². The Bertz CT molecular complexity index is 777. The van der Waals surface area contributed by atoms with E-state index in [1.165, 1.54) is 0 Å². The number of nitrogens with zero attached hydrogens (tertiary/aromatic N) is 1. The highest BCUT2D eigenvalue weighted by molar-refractivity contribution is 8.00. The average molecular weight is 383 g/mol. The van der Waals surface area contributed by atoms with Crippen LogP contribution in [0.15, 0.2) is 54.6 Å². The maximum atomic E-state index is 12.4. The Labute approximate surface area is 165 Å². The van der Waals surface area contributed by atoms with E-state index in [-0.39, 0.29) is 23.2 Å². The molecule has 3 rings (SSSR count). The molecule has 0 radical (unpaired) electrons. The standard InChI is InChI=1S/C22H26N2O2S/c1-3-7-16(2)23-21(26)18-10-12-19(13-11-18)22-24(20(25)15-27-22)14-17-8-5-4-6-9-17/h4-6,8-13,16,22H,3,7,14-15H2,1-2H3,(H,23,26)/t16-,22+/m0/s1.